The van der Waals surface area contributed by atoms with Crippen molar-refractivity contribution in [2.75, 3.05) is 5.32 Å². The third-order valence-corrected chi connectivity index (χ3v) is 4.26. The number of para-hydroxylation sites is 1. The summed E-state index contributed by atoms with van der Waals surface area (Å²) in [5, 5.41) is 3.35. The predicted molar refractivity (Wildman–Crippen MR) is 83.4 cm³/mol. The number of anilines is 1. The van der Waals surface area contributed by atoms with Gasteiger partial charge < -0.3 is 4.42 Å². The van der Waals surface area contributed by atoms with Crippen LogP contribution in [-0.4, -0.2) is 10.9 Å². The van der Waals surface area contributed by atoms with Crippen molar-refractivity contribution < 1.29 is 9.21 Å². The standard InChI is InChI=1S/C14H11BrN2O2S/c1-2-8-4-3-5-10-12(8)16-14(20-10)17-13(18)9-6-7-11(15)19-9/h3-7H,2H2,1H3,(H,16,17,18). The second-order valence-electron chi connectivity index (χ2n) is 4.19. The van der Waals surface area contributed by atoms with Gasteiger partial charge in [0.05, 0.1) is 10.2 Å². The molecule has 20 heavy (non-hydrogen) atoms. The van der Waals surface area contributed by atoms with Gasteiger partial charge in [-0.15, -0.1) is 0 Å². The summed E-state index contributed by atoms with van der Waals surface area (Å²) >= 11 is 4.63. The largest absolute Gasteiger partial charge is 0.444 e. The number of thiazole rings is 1. The van der Waals surface area contributed by atoms with E-state index in [1.165, 1.54) is 16.9 Å². The Bertz CT molecular complexity index is 778. The Morgan fingerprint density at radius 3 is 2.95 bits per heavy atom. The number of hydrogen-bond acceptors (Lipinski definition) is 4. The molecule has 2 aromatic heterocycles. The van der Waals surface area contributed by atoms with Crippen molar-refractivity contribution in [1.82, 2.24) is 4.98 Å². The molecular formula is C14H11BrN2O2S. The smallest absolute Gasteiger partial charge is 0.293 e. The van der Waals surface area contributed by atoms with Crippen LogP contribution in [0.2, 0.25) is 0 Å². The second kappa shape index (κ2) is 5.38. The maximum Gasteiger partial charge on any atom is 0.293 e. The number of benzene rings is 1. The van der Waals surface area contributed by atoms with Crippen molar-refractivity contribution in [1.29, 1.82) is 0 Å². The summed E-state index contributed by atoms with van der Waals surface area (Å²) in [6.45, 7) is 2.09. The molecule has 0 aliphatic carbocycles. The highest BCUT2D eigenvalue weighted by Crippen LogP contribution is 2.29. The molecule has 0 radical (unpaired) electrons. The van der Waals surface area contributed by atoms with Crippen LogP contribution < -0.4 is 5.32 Å². The van der Waals surface area contributed by atoms with Crippen molar-refractivity contribution in [3.63, 3.8) is 0 Å². The summed E-state index contributed by atoms with van der Waals surface area (Å²) < 4.78 is 6.82. The van der Waals surface area contributed by atoms with E-state index >= 15 is 0 Å². The summed E-state index contributed by atoms with van der Waals surface area (Å²) in [6, 6.07) is 9.36. The molecule has 0 bridgehead atoms. The highest BCUT2D eigenvalue weighted by molar-refractivity contribution is 9.10. The fourth-order valence-electron chi connectivity index (χ4n) is 1.94. The topological polar surface area (TPSA) is 55.1 Å². The lowest BCUT2D eigenvalue weighted by atomic mass is 10.1. The third kappa shape index (κ3) is 2.48. The lowest BCUT2D eigenvalue weighted by Gasteiger charge is -1.97. The summed E-state index contributed by atoms with van der Waals surface area (Å²) in [5.41, 5.74) is 2.14. The summed E-state index contributed by atoms with van der Waals surface area (Å²) in [6.07, 6.45) is 0.916. The van der Waals surface area contributed by atoms with E-state index in [2.05, 4.69) is 39.2 Å². The monoisotopic (exact) mass is 350 g/mol. The van der Waals surface area contributed by atoms with Crippen LogP contribution in [0.1, 0.15) is 23.0 Å². The van der Waals surface area contributed by atoms with Crippen molar-refractivity contribution in [3.8, 4) is 0 Å². The van der Waals surface area contributed by atoms with Gasteiger partial charge in [-0.2, -0.15) is 0 Å². The minimum atomic E-state index is -0.298. The molecule has 0 unspecified atom stereocenters. The zero-order valence-corrected chi connectivity index (χ0v) is 13.0. The third-order valence-electron chi connectivity index (χ3n) is 2.90. The summed E-state index contributed by atoms with van der Waals surface area (Å²) in [5.74, 6) is -0.0420. The van der Waals surface area contributed by atoms with Crippen LogP contribution >= 0.6 is 27.3 Å². The molecule has 3 rings (SSSR count). The quantitative estimate of drug-likeness (QED) is 0.758. The highest BCUT2D eigenvalue weighted by Gasteiger charge is 2.14. The zero-order valence-electron chi connectivity index (χ0n) is 10.6. The van der Waals surface area contributed by atoms with Gasteiger partial charge in [0, 0.05) is 0 Å². The Morgan fingerprint density at radius 2 is 2.25 bits per heavy atom. The molecule has 4 nitrogen and oxygen atoms in total. The number of aromatic nitrogens is 1. The van der Waals surface area contributed by atoms with Crippen LogP contribution in [0, 0.1) is 0 Å². The van der Waals surface area contributed by atoms with E-state index in [4.69, 9.17) is 4.42 Å². The van der Waals surface area contributed by atoms with Gasteiger partial charge in [-0.1, -0.05) is 30.4 Å². The number of nitrogens with one attached hydrogen (secondary N) is 1. The average molecular weight is 351 g/mol. The number of nitrogens with zero attached hydrogens (tertiary/aromatic N) is 1. The number of amides is 1. The minimum Gasteiger partial charge on any atom is -0.444 e. The highest BCUT2D eigenvalue weighted by atomic mass is 79.9. The van der Waals surface area contributed by atoms with Crippen molar-refractivity contribution in [2.24, 2.45) is 0 Å². The van der Waals surface area contributed by atoms with E-state index in [1.54, 1.807) is 12.1 Å². The zero-order chi connectivity index (χ0) is 14.1. The Balaban J connectivity index is 1.89. The van der Waals surface area contributed by atoms with E-state index in [9.17, 15) is 4.79 Å². The van der Waals surface area contributed by atoms with Crippen LogP contribution in [-0.2, 0) is 6.42 Å². The number of carbonyl (C=O) groups is 1. The van der Waals surface area contributed by atoms with E-state index < -0.39 is 0 Å². The van der Waals surface area contributed by atoms with Crippen LogP contribution in [0.3, 0.4) is 0 Å². The first-order valence-electron chi connectivity index (χ1n) is 6.12. The van der Waals surface area contributed by atoms with Crippen LogP contribution in [0.4, 0.5) is 5.13 Å². The van der Waals surface area contributed by atoms with Crippen molar-refractivity contribution >= 4 is 48.5 Å². The van der Waals surface area contributed by atoms with E-state index in [1.807, 2.05) is 12.1 Å². The minimum absolute atomic E-state index is 0.256. The number of hydrogen-bond donors (Lipinski definition) is 1. The second-order valence-corrected chi connectivity index (χ2v) is 6.01. The van der Waals surface area contributed by atoms with Crippen molar-refractivity contribution in [2.45, 2.75) is 13.3 Å². The Morgan fingerprint density at radius 1 is 1.40 bits per heavy atom. The van der Waals surface area contributed by atoms with E-state index in [-0.39, 0.29) is 11.7 Å². The Labute approximate surface area is 127 Å². The molecule has 0 fully saturated rings. The van der Waals surface area contributed by atoms with Gasteiger partial charge in [0.2, 0.25) is 0 Å². The fraction of sp³-hybridized carbons (Fsp3) is 0.143. The number of carbonyl (C=O) groups excluding carboxylic acids is 1. The fourth-order valence-corrected chi connectivity index (χ4v) is 3.15. The lowest BCUT2D eigenvalue weighted by molar-refractivity contribution is 0.0995. The first-order chi connectivity index (χ1) is 9.67. The molecule has 1 amide bonds. The molecule has 1 N–H and O–H groups in total. The number of aryl methyl sites for hydroxylation is 1. The normalized spacial score (nSPS) is 10.9. The number of halogens is 1. The average Bonchev–Trinajstić information content (AvgIpc) is 3.03. The molecule has 2 heterocycles. The maximum absolute atomic E-state index is 12.0. The van der Waals surface area contributed by atoms with Crippen molar-refractivity contribution in [3.05, 3.63) is 46.3 Å². The van der Waals surface area contributed by atoms with Gasteiger partial charge in [-0.3, -0.25) is 10.1 Å². The molecule has 0 saturated carbocycles. The van der Waals surface area contributed by atoms with Gasteiger partial charge in [-0.05, 0) is 46.1 Å². The lowest BCUT2D eigenvalue weighted by Crippen LogP contribution is -2.10. The van der Waals surface area contributed by atoms with Gasteiger partial charge >= 0.3 is 0 Å². The molecule has 102 valence electrons. The van der Waals surface area contributed by atoms with Gasteiger partial charge in [0.15, 0.2) is 15.6 Å². The molecule has 0 aliphatic heterocycles. The van der Waals surface area contributed by atoms with Gasteiger partial charge in [-0.25, -0.2) is 4.98 Å². The van der Waals surface area contributed by atoms with Gasteiger partial charge in [0.25, 0.3) is 5.91 Å². The number of rotatable bonds is 3. The van der Waals surface area contributed by atoms with Crippen LogP contribution in [0.5, 0.6) is 0 Å². The Kier molecular flexibility index (Phi) is 3.58. The maximum atomic E-state index is 12.0. The van der Waals surface area contributed by atoms with E-state index in [0.29, 0.717) is 9.80 Å². The molecule has 0 spiro atoms. The first-order valence-corrected chi connectivity index (χ1v) is 7.73. The number of fused-ring (bicyclic) bond motifs is 1. The summed E-state index contributed by atoms with van der Waals surface area (Å²) in [4.78, 5) is 16.5. The predicted octanol–water partition coefficient (Wildman–Crippen LogP) is 4.47. The number of furan rings is 1. The molecule has 6 heteroatoms. The molecular weight excluding hydrogens is 340 g/mol. The van der Waals surface area contributed by atoms with E-state index in [0.717, 1.165) is 16.6 Å². The SMILES string of the molecule is CCc1cccc2sc(NC(=O)c3ccc(Br)o3)nc12. The molecule has 0 aliphatic rings. The molecule has 0 saturated heterocycles. The van der Waals surface area contributed by atoms with Crippen LogP contribution in [0.25, 0.3) is 10.2 Å². The molecule has 0 atom stereocenters. The van der Waals surface area contributed by atoms with Crippen LogP contribution in [0.15, 0.2) is 39.4 Å². The van der Waals surface area contributed by atoms with Gasteiger partial charge in [0.1, 0.15) is 0 Å². The summed E-state index contributed by atoms with van der Waals surface area (Å²) in [7, 11) is 0. The first kappa shape index (κ1) is 13.3. The molecule has 3 aromatic rings. The Hall–Kier alpha value is -1.66. The molecule has 1 aromatic carbocycles.